The van der Waals surface area contributed by atoms with Crippen molar-refractivity contribution in [2.45, 2.75) is 0 Å². The minimum Gasteiger partial charge on any atom is -0.292 e. The first-order valence-corrected chi connectivity index (χ1v) is 6.53. The molecule has 2 aromatic heterocycles. The van der Waals surface area contributed by atoms with Gasteiger partial charge in [0.25, 0.3) is 0 Å². The van der Waals surface area contributed by atoms with Crippen LogP contribution in [0.5, 0.6) is 0 Å². The Kier molecular flexibility index (Phi) is 2.55. The van der Waals surface area contributed by atoms with Gasteiger partial charge in [0.2, 0.25) is 5.95 Å². The number of para-hydroxylation sites is 3. The summed E-state index contributed by atoms with van der Waals surface area (Å²) in [4.78, 5) is 13.3. The van der Waals surface area contributed by atoms with Crippen molar-refractivity contribution in [2.75, 3.05) is 5.43 Å². The van der Waals surface area contributed by atoms with Gasteiger partial charge in [-0.05, 0) is 24.3 Å². The molecule has 0 bridgehead atoms. The van der Waals surface area contributed by atoms with Crippen LogP contribution in [0.15, 0.2) is 54.9 Å². The van der Waals surface area contributed by atoms with Gasteiger partial charge in [0.05, 0.1) is 16.6 Å². The van der Waals surface area contributed by atoms with Gasteiger partial charge in [0, 0.05) is 5.39 Å². The van der Waals surface area contributed by atoms with Crippen LogP contribution in [0.25, 0.3) is 27.8 Å². The average molecular weight is 276 g/mol. The molecule has 4 aromatic rings. The highest BCUT2D eigenvalue weighted by atomic mass is 15.3. The lowest BCUT2D eigenvalue weighted by Gasteiger charge is -2.09. The molecule has 102 valence electrons. The van der Waals surface area contributed by atoms with E-state index in [0.29, 0.717) is 5.95 Å². The van der Waals surface area contributed by atoms with Crippen molar-refractivity contribution in [3.63, 3.8) is 0 Å². The van der Waals surface area contributed by atoms with Crippen molar-refractivity contribution in [1.29, 1.82) is 0 Å². The van der Waals surface area contributed by atoms with Crippen molar-refractivity contribution >= 4 is 27.9 Å². The number of benzene rings is 2. The van der Waals surface area contributed by atoms with Crippen LogP contribution in [0.2, 0.25) is 0 Å². The maximum Gasteiger partial charge on any atom is 0.239 e. The second kappa shape index (κ2) is 4.53. The lowest BCUT2D eigenvalue weighted by molar-refractivity contribution is 1.01. The van der Waals surface area contributed by atoms with Gasteiger partial charge in [-0.15, -0.1) is 0 Å². The molecule has 0 aliphatic rings. The number of nitrogens with two attached hydrogens (primary N) is 1. The molecule has 0 aliphatic heterocycles. The number of hydrogen-bond donors (Lipinski definition) is 2. The van der Waals surface area contributed by atoms with Crippen LogP contribution in [0.1, 0.15) is 0 Å². The third kappa shape index (κ3) is 1.81. The van der Waals surface area contributed by atoms with Gasteiger partial charge in [-0.2, -0.15) is 4.98 Å². The fourth-order valence-corrected chi connectivity index (χ4v) is 2.44. The van der Waals surface area contributed by atoms with E-state index in [-0.39, 0.29) is 0 Å². The van der Waals surface area contributed by atoms with Gasteiger partial charge >= 0.3 is 0 Å². The summed E-state index contributed by atoms with van der Waals surface area (Å²) < 4.78 is 1.94. The Bertz CT molecular complexity index is 943. The Morgan fingerprint density at radius 3 is 2.52 bits per heavy atom. The van der Waals surface area contributed by atoms with E-state index in [0.717, 1.165) is 27.8 Å². The quantitative estimate of drug-likeness (QED) is 0.433. The number of nitrogen functional groups attached to an aromatic ring is 1. The normalized spacial score (nSPS) is 11.1. The lowest BCUT2D eigenvalue weighted by atomic mass is 10.2. The fraction of sp³-hybridized carbons (Fsp3) is 0. The van der Waals surface area contributed by atoms with Crippen LogP contribution in [0.4, 0.5) is 5.95 Å². The summed E-state index contributed by atoms with van der Waals surface area (Å²) in [6.07, 6.45) is 1.76. The van der Waals surface area contributed by atoms with Crippen LogP contribution >= 0.6 is 0 Å². The highest BCUT2D eigenvalue weighted by molar-refractivity contribution is 5.89. The summed E-state index contributed by atoms with van der Waals surface area (Å²) in [6, 6.07) is 15.7. The number of rotatable bonds is 2. The molecule has 4 rings (SSSR count). The zero-order valence-electron chi connectivity index (χ0n) is 11.1. The van der Waals surface area contributed by atoms with Crippen LogP contribution in [-0.4, -0.2) is 19.5 Å². The van der Waals surface area contributed by atoms with Crippen molar-refractivity contribution in [3.05, 3.63) is 54.9 Å². The molecular formula is C15H12N6. The van der Waals surface area contributed by atoms with Crippen LogP contribution < -0.4 is 11.3 Å². The second-order valence-corrected chi connectivity index (χ2v) is 4.64. The molecule has 0 saturated heterocycles. The number of nitrogens with one attached hydrogen (secondary N) is 1. The van der Waals surface area contributed by atoms with Crippen LogP contribution in [0, 0.1) is 0 Å². The standard InChI is InChI=1S/C15H12N6/c16-20-15-18-11-6-2-1-5-10(11)14(19-15)21-9-17-12-7-3-4-8-13(12)21/h1-9H,16H2,(H,18,19,20). The fourth-order valence-electron chi connectivity index (χ4n) is 2.44. The molecule has 0 spiro atoms. The lowest BCUT2D eigenvalue weighted by Crippen LogP contribution is -2.12. The Hall–Kier alpha value is -2.99. The summed E-state index contributed by atoms with van der Waals surface area (Å²) in [7, 11) is 0. The number of nitrogens with zero attached hydrogens (tertiary/aromatic N) is 4. The molecular weight excluding hydrogens is 264 g/mol. The van der Waals surface area contributed by atoms with Crippen molar-refractivity contribution in [3.8, 4) is 5.82 Å². The van der Waals surface area contributed by atoms with E-state index in [1.807, 2.05) is 53.1 Å². The molecule has 2 aromatic carbocycles. The Morgan fingerprint density at radius 2 is 1.67 bits per heavy atom. The highest BCUT2D eigenvalue weighted by Crippen LogP contribution is 2.24. The van der Waals surface area contributed by atoms with Gasteiger partial charge < -0.3 is 0 Å². The Morgan fingerprint density at radius 1 is 0.905 bits per heavy atom. The molecule has 6 nitrogen and oxygen atoms in total. The number of imidazole rings is 1. The third-order valence-corrected chi connectivity index (χ3v) is 3.39. The van der Waals surface area contributed by atoms with Crippen molar-refractivity contribution in [2.24, 2.45) is 5.84 Å². The van der Waals surface area contributed by atoms with Crippen LogP contribution in [0.3, 0.4) is 0 Å². The summed E-state index contributed by atoms with van der Waals surface area (Å²) in [5, 5.41) is 0.944. The van der Waals surface area contributed by atoms with Gasteiger partial charge in [-0.25, -0.2) is 15.8 Å². The molecule has 0 unspecified atom stereocenters. The van der Waals surface area contributed by atoms with Crippen LogP contribution in [-0.2, 0) is 0 Å². The highest BCUT2D eigenvalue weighted by Gasteiger charge is 2.11. The molecule has 2 heterocycles. The number of fused-ring (bicyclic) bond motifs is 2. The van der Waals surface area contributed by atoms with E-state index in [9.17, 15) is 0 Å². The summed E-state index contributed by atoms with van der Waals surface area (Å²) in [5.41, 5.74) is 5.25. The molecule has 0 atom stereocenters. The predicted octanol–water partition coefficient (Wildman–Crippen LogP) is 2.25. The first-order valence-electron chi connectivity index (χ1n) is 6.53. The molecule has 0 radical (unpaired) electrons. The maximum absolute atomic E-state index is 5.48. The third-order valence-electron chi connectivity index (χ3n) is 3.39. The largest absolute Gasteiger partial charge is 0.292 e. The summed E-state index contributed by atoms with van der Waals surface area (Å²) in [5.74, 6) is 6.60. The number of hydrazine groups is 1. The summed E-state index contributed by atoms with van der Waals surface area (Å²) >= 11 is 0. The molecule has 3 N–H and O–H groups in total. The molecule has 0 aliphatic carbocycles. The minimum atomic E-state index is 0.376. The maximum atomic E-state index is 5.48. The van der Waals surface area contributed by atoms with E-state index in [1.54, 1.807) is 6.33 Å². The zero-order valence-corrected chi connectivity index (χ0v) is 11.1. The van der Waals surface area contributed by atoms with E-state index in [2.05, 4.69) is 20.4 Å². The second-order valence-electron chi connectivity index (χ2n) is 4.64. The van der Waals surface area contributed by atoms with E-state index >= 15 is 0 Å². The number of anilines is 1. The Labute approximate surface area is 120 Å². The number of hydrogen-bond acceptors (Lipinski definition) is 5. The minimum absolute atomic E-state index is 0.376. The Balaban J connectivity index is 2.09. The monoisotopic (exact) mass is 276 g/mol. The van der Waals surface area contributed by atoms with Gasteiger partial charge in [0.15, 0.2) is 5.82 Å². The van der Waals surface area contributed by atoms with Gasteiger partial charge in [-0.3, -0.25) is 9.99 Å². The van der Waals surface area contributed by atoms with E-state index in [1.165, 1.54) is 0 Å². The molecule has 6 heteroatoms. The van der Waals surface area contributed by atoms with Gasteiger partial charge in [-0.1, -0.05) is 24.3 Å². The zero-order chi connectivity index (χ0) is 14.2. The predicted molar refractivity (Wildman–Crippen MR) is 82.0 cm³/mol. The van der Waals surface area contributed by atoms with E-state index < -0.39 is 0 Å². The first kappa shape index (κ1) is 11.8. The molecule has 0 amide bonds. The smallest absolute Gasteiger partial charge is 0.239 e. The molecule has 0 fully saturated rings. The average Bonchev–Trinajstić information content (AvgIpc) is 2.97. The topological polar surface area (TPSA) is 81.6 Å². The van der Waals surface area contributed by atoms with Gasteiger partial charge in [0.1, 0.15) is 6.33 Å². The van der Waals surface area contributed by atoms with Crippen molar-refractivity contribution in [1.82, 2.24) is 19.5 Å². The van der Waals surface area contributed by atoms with Crippen molar-refractivity contribution < 1.29 is 0 Å². The van der Waals surface area contributed by atoms with E-state index in [4.69, 9.17) is 5.84 Å². The summed E-state index contributed by atoms with van der Waals surface area (Å²) in [6.45, 7) is 0. The molecule has 0 saturated carbocycles. The number of aromatic nitrogens is 4. The first-order chi connectivity index (χ1) is 10.4. The molecule has 21 heavy (non-hydrogen) atoms. The SMILES string of the molecule is NNc1nc(-n2cnc3ccccc32)c2ccccc2n1.